The molecular formula is C9H7ClN2O2. The molecule has 0 unspecified atom stereocenters. The van der Waals surface area contributed by atoms with Crippen molar-refractivity contribution < 1.29 is 9.53 Å². The first-order valence-electron chi connectivity index (χ1n) is 3.93. The third-order valence-corrected chi connectivity index (χ3v) is 2.13. The molecule has 0 aromatic carbocycles. The van der Waals surface area contributed by atoms with Gasteiger partial charge in [0, 0.05) is 24.7 Å². The second-order valence-corrected chi connectivity index (χ2v) is 3.07. The van der Waals surface area contributed by atoms with Crippen molar-refractivity contribution in [3.8, 4) is 5.75 Å². The number of hydrogen-bond acceptors (Lipinski definition) is 3. The number of carbonyl (C=O) groups excluding carboxylic acids is 1. The van der Waals surface area contributed by atoms with E-state index in [-0.39, 0.29) is 0 Å². The third kappa shape index (κ3) is 1.33. The van der Waals surface area contributed by atoms with Crippen LogP contribution in [0.5, 0.6) is 5.75 Å². The molecule has 0 aliphatic carbocycles. The number of pyridine rings is 1. The van der Waals surface area contributed by atoms with Gasteiger partial charge in [-0.05, 0) is 11.6 Å². The summed E-state index contributed by atoms with van der Waals surface area (Å²) < 4.78 is 6.73. The first-order chi connectivity index (χ1) is 6.72. The van der Waals surface area contributed by atoms with Crippen LogP contribution in [0.3, 0.4) is 0 Å². The zero-order valence-corrected chi connectivity index (χ0v) is 8.15. The molecule has 0 spiro atoms. The molecule has 2 aromatic heterocycles. The first kappa shape index (κ1) is 9.02. The molecule has 0 saturated heterocycles. The Labute approximate surface area is 85.1 Å². The number of rotatable bonds is 2. The lowest BCUT2D eigenvalue weighted by atomic mass is 10.3. The Bertz CT molecular complexity index is 493. The Morgan fingerprint density at radius 1 is 1.64 bits per heavy atom. The van der Waals surface area contributed by atoms with Crippen LogP contribution in [-0.4, -0.2) is 21.7 Å². The predicted octanol–water partition coefficient (Wildman–Crippen LogP) is 1.72. The fraction of sp³-hybridized carbons (Fsp3) is 0.111. The number of ether oxygens (including phenoxy) is 1. The molecule has 14 heavy (non-hydrogen) atoms. The second kappa shape index (κ2) is 3.31. The van der Waals surface area contributed by atoms with E-state index in [1.165, 1.54) is 7.11 Å². The van der Waals surface area contributed by atoms with Gasteiger partial charge < -0.3 is 9.14 Å². The highest BCUT2D eigenvalue weighted by Crippen LogP contribution is 2.21. The maximum absolute atomic E-state index is 11.0. The highest BCUT2D eigenvalue weighted by Gasteiger charge is 2.11. The number of hydrogen-bond donors (Lipinski definition) is 0. The van der Waals surface area contributed by atoms with E-state index in [4.69, 9.17) is 16.3 Å². The van der Waals surface area contributed by atoms with Crippen molar-refractivity contribution in [3.05, 3.63) is 30.2 Å². The van der Waals surface area contributed by atoms with Gasteiger partial charge in [-0.1, -0.05) is 0 Å². The quantitative estimate of drug-likeness (QED) is 0.709. The third-order valence-electron chi connectivity index (χ3n) is 1.92. The molecule has 5 heteroatoms. The summed E-state index contributed by atoms with van der Waals surface area (Å²) in [5.41, 5.74) is 1.04. The summed E-state index contributed by atoms with van der Waals surface area (Å²) >= 11 is 5.40. The van der Waals surface area contributed by atoms with Crippen molar-refractivity contribution in [2.75, 3.05) is 7.11 Å². The summed E-state index contributed by atoms with van der Waals surface area (Å²) in [5, 5.41) is -0.544. The van der Waals surface area contributed by atoms with E-state index in [0.717, 1.165) is 0 Å². The summed E-state index contributed by atoms with van der Waals surface area (Å²) in [6, 6.07) is 1.66. The van der Waals surface area contributed by atoms with Gasteiger partial charge >= 0.3 is 0 Å². The highest BCUT2D eigenvalue weighted by atomic mass is 35.5. The van der Waals surface area contributed by atoms with Crippen LogP contribution in [0.15, 0.2) is 24.7 Å². The Morgan fingerprint density at radius 2 is 2.43 bits per heavy atom. The van der Waals surface area contributed by atoms with Crippen LogP contribution in [0.25, 0.3) is 5.65 Å². The number of imidazole rings is 1. The molecule has 2 heterocycles. The fourth-order valence-corrected chi connectivity index (χ4v) is 1.40. The van der Waals surface area contributed by atoms with Crippen LogP contribution in [-0.2, 0) is 0 Å². The summed E-state index contributed by atoms with van der Waals surface area (Å²) in [6.07, 6.45) is 4.96. The van der Waals surface area contributed by atoms with E-state index in [1.807, 2.05) is 0 Å². The molecular weight excluding hydrogens is 204 g/mol. The Kier molecular flexibility index (Phi) is 2.13. The molecule has 2 aromatic rings. The van der Waals surface area contributed by atoms with Gasteiger partial charge in [-0.2, -0.15) is 0 Å². The topological polar surface area (TPSA) is 43.6 Å². The van der Waals surface area contributed by atoms with Crippen molar-refractivity contribution in [2.24, 2.45) is 0 Å². The zero-order chi connectivity index (χ0) is 10.1. The smallest absolute Gasteiger partial charge is 0.257 e. The van der Waals surface area contributed by atoms with Gasteiger partial charge in [-0.25, -0.2) is 4.98 Å². The van der Waals surface area contributed by atoms with Gasteiger partial charge in [0.15, 0.2) is 0 Å². The van der Waals surface area contributed by atoms with E-state index in [0.29, 0.717) is 17.0 Å². The van der Waals surface area contributed by atoms with Crippen LogP contribution >= 0.6 is 11.6 Å². The van der Waals surface area contributed by atoms with E-state index in [9.17, 15) is 4.79 Å². The normalized spacial score (nSPS) is 10.4. The molecule has 0 aliphatic heterocycles. The predicted molar refractivity (Wildman–Crippen MR) is 51.9 cm³/mol. The van der Waals surface area contributed by atoms with Crippen LogP contribution in [0.1, 0.15) is 10.4 Å². The molecule has 0 radical (unpaired) electrons. The van der Waals surface area contributed by atoms with Crippen LogP contribution in [0, 0.1) is 0 Å². The largest absolute Gasteiger partial charge is 0.496 e. The minimum absolute atomic E-state index is 0.333. The molecule has 0 aliphatic rings. The zero-order valence-electron chi connectivity index (χ0n) is 7.40. The van der Waals surface area contributed by atoms with Crippen LogP contribution < -0.4 is 4.74 Å². The fourth-order valence-electron chi connectivity index (χ4n) is 1.26. The molecule has 0 fully saturated rings. The van der Waals surface area contributed by atoms with Crippen LogP contribution in [0.2, 0.25) is 0 Å². The molecule has 0 N–H and O–H groups in total. The number of aromatic nitrogens is 2. The van der Waals surface area contributed by atoms with Crippen molar-refractivity contribution >= 4 is 22.5 Å². The monoisotopic (exact) mass is 210 g/mol. The molecule has 4 nitrogen and oxygen atoms in total. The van der Waals surface area contributed by atoms with Gasteiger partial charge in [-0.3, -0.25) is 4.79 Å². The number of halogens is 1. The molecule has 2 rings (SSSR count). The minimum atomic E-state index is -0.544. The second-order valence-electron chi connectivity index (χ2n) is 2.72. The molecule has 0 amide bonds. The number of fused-ring (bicyclic) bond motifs is 1. The average molecular weight is 211 g/mol. The summed E-state index contributed by atoms with van der Waals surface area (Å²) in [5.74, 6) is 0.434. The molecule has 0 atom stereocenters. The maximum atomic E-state index is 11.0. The highest BCUT2D eigenvalue weighted by molar-refractivity contribution is 6.68. The van der Waals surface area contributed by atoms with E-state index >= 15 is 0 Å². The molecule has 0 saturated carbocycles. The van der Waals surface area contributed by atoms with Crippen molar-refractivity contribution in [1.29, 1.82) is 0 Å². The van der Waals surface area contributed by atoms with Gasteiger partial charge in [0.1, 0.15) is 11.4 Å². The van der Waals surface area contributed by atoms with Crippen molar-refractivity contribution in [1.82, 2.24) is 9.38 Å². The van der Waals surface area contributed by atoms with Gasteiger partial charge in [-0.15, -0.1) is 0 Å². The summed E-state index contributed by atoms with van der Waals surface area (Å²) in [7, 11) is 1.48. The van der Waals surface area contributed by atoms with Gasteiger partial charge in [0.2, 0.25) is 0 Å². The van der Waals surface area contributed by atoms with Gasteiger partial charge in [0.05, 0.1) is 12.7 Å². The first-order valence-corrected chi connectivity index (χ1v) is 4.30. The number of carbonyl (C=O) groups is 1. The molecule has 0 bridgehead atoms. The van der Waals surface area contributed by atoms with Crippen molar-refractivity contribution in [3.63, 3.8) is 0 Å². The Morgan fingerprint density at radius 3 is 3.07 bits per heavy atom. The average Bonchev–Trinajstić information content (AvgIpc) is 2.62. The van der Waals surface area contributed by atoms with Gasteiger partial charge in [0.25, 0.3) is 5.24 Å². The number of nitrogens with zero attached hydrogens (tertiary/aromatic N) is 2. The van der Waals surface area contributed by atoms with E-state index < -0.39 is 5.24 Å². The summed E-state index contributed by atoms with van der Waals surface area (Å²) in [4.78, 5) is 15.1. The summed E-state index contributed by atoms with van der Waals surface area (Å²) in [6.45, 7) is 0. The van der Waals surface area contributed by atoms with E-state index in [2.05, 4.69) is 4.98 Å². The van der Waals surface area contributed by atoms with E-state index in [1.54, 1.807) is 29.1 Å². The lowest BCUT2D eigenvalue weighted by Crippen LogP contribution is -1.98. The molecule has 72 valence electrons. The maximum Gasteiger partial charge on any atom is 0.257 e. The Balaban J connectivity index is 2.72. The number of methoxy groups -OCH3 is 1. The van der Waals surface area contributed by atoms with Crippen molar-refractivity contribution in [2.45, 2.75) is 0 Å². The minimum Gasteiger partial charge on any atom is -0.496 e. The lowest BCUT2D eigenvalue weighted by Gasteiger charge is -2.04. The standard InChI is InChI=1S/C9H7ClN2O2/c1-14-7-4-8-11-2-3-12(8)5-6(7)9(10)13/h2-5H,1H3. The SMILES string of the molecule is COc1cc2nccn2cc1C(=O)Cl. The Hall–Kier alpha value is -1.55. The lowest BCUT2D eigenvalue weighted by molar-refractivity contribution is 0.107. The van der Waals surface area contributed by atoms with Crippen LogP contribution in [0.4, 0.5) is 0 Å².